The highest BCUT2D eigenvalue weighted by Gasteiger charge is 2.11. The second-order valence-corrected chi connectivity index (χ2v) is 2.69. The van der Waals surface area contributed by atoms with E-state index < -0.39 is 11.9 Å². The summed E-state index contributed by atoms with van der Waals surface area (Å²) in [5.74, 6) is -0.405. The van der Waals surface area contributed by atoms with Crippen molar-refractivity contribution in [3.05, 3.63) is 30.3 Å². The van der Waals surface area contributed by atoms with E-state index in [1.54, 1.807) is 0 Å². The van der Waals surface area contributed by atoms with Gasteiger partial charge in [-0.2, -0.15) is 0 Å². The molecule has 0 spiro atoms. The lowest BCUT2D eigenvalue weighted by Gasteiger charge is -2.00. The summed E-state index contributed by atoms with van der Waals surface area (Å²) in [4.78, 5) is 15.1. The van der Waals surface area contributed by atoms with Crippen molar-refractivity contribution < 1.29 is 13.9 Å². The minimum absolute atomic E-state index is 0.261. The van der Waals surface area contributed by atoms with Crippen LogP contribution in [0.5, 0.6) is 0 Å². The number of methoxy groups -OCH3 is 1. The van der Waals surface area contributed by atoms with Gasteiger partial charge in [0.05, 0.1) is 12.5 Å². The summed E-state index contributed by atoms with van der Waals surface area (Å²) in [7, 11) is 1.26. The number of hydrogen-bond donors (Lipinski definition) is 0. The first-order valence-corrected chi connectivity index (χ1v) is 3.94. The molecular weight excluding hydrogens is 187 g/mol. The van der Waals surface area contributed by atoms with Crippen molar-refractivity contribution in [2.24, 2.45) is 0 Å². The highest BCUT2D eigenvalue weighted by molar-refractivity contribution is 5.86. The van der Waals surface area contributed by atoms with Crippen molar-refractivity contribution in [3.8, 4) is 0 Å². The third-order valence-electron chi connectivity index (χ3n) is 1.91. The van der Waals surface area contributed by atoms with Crippen molar-refractivity contribution in [1.82, 2.24) is 9.55 Å². The lowest BCUT2D eigenvalue weighted by Crippen LogP contribution is -2.10. The Kier molecular flexibility index (Phi) is 1.92. The number of nitrogens with zero attached hydrogens (tertiary/aromatic N) is 2. The Morgan fingerprint density at radius 1 is 1.57 bits per heavy atom. The third kappa shape index (κ3) is 1.14. The van der Waals surface area contributed by atoms with Crippen LogP contribution in [-0.2, 0) is 4.74 Å². The Labute approximate surface area is 78.9 Å². The molecule has 0 N–H and O–H groups in total. The van der Waals surface area contributed by atoms with Crippen molar-refractivity contribution >= 4 is 17.1 Å². The summed E-state index contributed by atoms with van der Waals surface area (Å²) in [6.45, 7) is 0. The largest absolute Gasteiger partial charge is 0.452 e. The van der Waals surface area contributed by atoms with E-state index in [1.807, 2.05) is 0 Å². The Morgan fingerprint density at radius 2 is 2.36 bits per heavy atom. The first-order chi connectivity index (χ1) is 6.74. The van der Waals surface area contributed by atoms with Gasteiger partial charge in [-0.05, 0) is 12.1 Å². The lowest BCUT2D eigenvalue weighted by atomic mass is 10.3. The monoisotopic (exact) mass is 194 g/mol. The fraction of sp³-hybridized carbons (Fsp3) is 0.111. The summed E-state index contributed by atoms with van der Waals surface area (Å²) in [5, 5.41) is 0.304. The Morgan fingerprint density at radius 3 is 3.07 bits per heavy atom. The molecule has 0 saturated carbocycles. The predicted octanol–water partition coefficient (Wildman–Crippen LogP) is 1.79. The van der Waals surface area contributed by atoms with E-state index in [-0.39, 0.29) is 5.65 Å². The molecule has 0 aliphatic rings. The zero-order chi connectivity index (χ0) is 10.1. The van der Waals surface area contributed by atoms with Crippen molar-refractivity contribution in [1.29, 1.82) is 0 Å². The molecule has 0 radical (unpaired) electrons. The number of pyridine rings is 1. The number of aromatic nitrogens is 2. The zero-order valence-electron chi connectivity index (χ0n) is 7.40. The molecule has 0 atom stereocenters. The first-order valence-electron chi connectivity index (χ1n) is 3.94. The number of fused-ring (bicyclic) bond motifs is 1. The average molecular weight is 194 g/mol. The number of halogens is 1. The maximum atomic E-state index is 13.2. The Balaban J connectivity index is 2.70. The fourth-order valence-electron chi connectivity index (χ4n) is 1.25. The minimum Gasteiger partial charge on any atom is -0.452 e. The summed E-state index contributed by atoms with van der Waals surface area (Å²) in [6, 6.07) is 2.72. The highest BCUT2D eigenvalue weighted by Crippen LogP contribution is 2.16. The van der Waals surface area contributed by atoms with Crippen LogP contribution in [0.2, 0.25) is 0 Å². The van der Waals surface area contributed by atoms with Crippen LogP contribution < -0.4 is 0 Å². The van der Waals surface area contributed by atoms with Crippen LogP contribution in [0.1, 0.15) is 0 Å². The predicted molar refractivity (Wildman–Crippen MR) is 47.5 cm³/mol. The Bertz CT molecular complexity index is 493. The smallest absolute Gasteiger partial charge is 0.419 e. The SMILES string of the molecule is COC(=O)n1ccc2c(F)ccnc21. The number of ether oxygens (including phenoxy) is 1. The van der Waals surface area contributed by atoms with Gasteiger partial charge in [-0.3, -0.25) is 0 Å². The van der Waals surface area contributed by atoms with Crippen molar-refractivity contribution in [2.45, 2.75) is 0 Å². The molecule has 0 aliphatic heterocycles. The number of carbonyl (C=O) groups excluding carboxylic acids is 1. The molecule has 0 aromatic carbocycles. The summed E-state index contributed by atoms with van der Waals surface area (Å²) >= 11 is 0. The minimum atomic E-state index is -0.585. The molecule has 14 heavy (non-hydrogen) atoms. The summed E-state index contributed by atoms with van der Waals surface area (Å²) in [5.41, 5.74) is 0.261. The molecule has 0 saturated heterocycles. The maximum absolute atomic E-state index is 13.2. The van der Waals surface area contributed by atoms with Gasteiger partial charge in [-0.25, -0.2) is 18.7 Å². The quantitative estimate of drug-likeness (QED) is 0.642. The molecule has 2 aromatic rings. The van der Waals surface area contributed by atoms with Crippen LogP contribution in [0.3, 0.4) is 0 Å². The molecular formula is C9H7FN2O2. The molecule has 0 aliphatic carbocycles. The van der Waals surface area contributed by atoms with Gasteiger partial charge in [0.15, 0.2) is 5.65 Å². The van der Waals surface area contributed by atoms with Gasteiger partial charge >= 0.3 is 6.09 Å². The van der Waals surface area contributed by atoms with Crippen LogP contribution >= 0.6 is 0 Å². The standard InChI is InChI=1S/C9H7FN2O2/c1-14-9(13)12-5-3-6-7(10)2-4-11-8(6)12/h2-5H,1H3. The lowest BCUT2D eigenvalue weighted by molar-refractivity contribution is 0.174. The molecule has 0 fully saturated rings. The van der Waals surface area contributed by atoms with E-state index in [2.05, 4.69) is 9.72 Å². The summed E-state index contributed by atoms with van der Waals surface area (Å²) < 4.78 is 18.8. The number of hydrogen-bond acceptors (Lipinski definition) is 3. The van der Waals surface area contributed by atoms with E-state index in [9.17, 15) is 9.18 Å². The maximum Gasteiger partial charge on any atom is 0.419 e. The molecule has 4 nitrogen and oxygen atoms in total. The van der Waals surface area contributed by atoms with Gasteiger partial charge in [0.1, 0.15) is 5.82 Å². The van der Waals surface area contributed by atoms with Crippen LogP contribution in [-0.4, -0.2) is 22.8 Å². The van der Waals surface area contributed by atoms with Crippen LogP contribution in [0.4, 0.5) is 9.18 Å². The second kappa shape index (κ2) is 3.10. The van der Waals surface area contributed by atoms with Crippen molar-refractivity contribution in [2.75, 3.05) is 7.11 Å². The van der Waals surface area contributed by atoms with E-state index >= 15 is 0 Å². The van der Waals surface area contributed by atoms with Crippen LogP contribution in [0, 0.1) is 5.82 Å². The van der Waals surface area contributed by atoms with Crippen LogP contribution in [0.25, 0.3) is 11.0 Å². The highest BCUT2D eigenvalue weighted by atomic mass is 19.1. The Hall–Kier alpha value is -1.91. The first kappa shape index (κ1) is 8.68. The third-order valence-corrected chi connectivity index (χ3v) is 1.91. The number of carbonyl (C=O) groups is 1. The van der Waals surface area contributed by atoms with Crippen LogP contribution in [0.15, 0.2) is 24.5 Å². The fourth-order valence-corrected chi connectivity index (χ4v) is 1.25. The molecule has 2 rings (SSSR count). The van der Waals surface area contributed by atoms with Gasteiger partial charge in [0, 0.05) is 12.4 Å². The van der Waals surface area contributed by atoms with Crippen molar-refractivity contribution in [3.63, 3.8) is 0 Å². The second-order valence-electron chi connectivity index (χ2n) is 2.69. The van der Waals surface area contributed by atoms with Gasteiger partial charge in [-0.1, -0.05) is 0 Å². The zero-order valence-corrected chi connectivity index (χ0v) is 7.40. The molecule has 72 valence electrons. The van der Waals surface area contributed by atoms with E-state index in [1.165, 1.54) is 31.6 Å². The molecule has 0 bridgehead atoms. The molecule has 5 heteroatoms. The van der Waals surface area contributed by atoms with E-state index in [4.69, 9.17) is 0 Å². The topological polar surface area (TPSA) is 44.1 Å². The van der Waals surface area contributed by atoms with Gasteiger partial charge in [-0.15, -0.1) is 0 Å². The number of rotatable bonds is 0. The molecule has 2 heterocycles. The molecule has 2 aromatic heterocycles. The molecule has 0 amide bonds. The van der Waals surface area contributed by atoms with E-state index in [0.717, 1.165) is 4.57 Å². The molecule has 0 unspecified atom stereocenters. The summed E-state index contributed by atoms with van der Waals surface area (Å²) in [6.07, 6.45) is 2.14. The average Bonchev–Trinajstić information content (AvgIpc) is 2.62. The van der Waals surface area contributed by atoms with Gasteiger partial charge in [0.2, 0.25) is 0 Å². The normalized spacial score (nSPS) is 10.4. The van der Waals surface area contributed by atoms with Gasteiger partial charge < -0.3 is 4.74 Å². The van der Waals surface area contributed by atoms with E-state index in [0.29, 0.717) is 5.39 Å². The van der Waals surface area contributed by atoms with Gasteiger partial charge in [0.25, 0.3) is 0 Å².